The Bertz CT molecular complexity index is 773. The molecule has 0 aliphatic heterocycles. The highest BCUT2D eigenvalue weighted by Crippen LogP contribution is 2.21. The van der Waals surface area contributed by atoms with Crippen LogP contribution in [0.5, 0.6) is 5.88 Å². The topological polar surface area (TPSA) is 65.4 Å². The van der Waals surface area contributed by atoms with Crippen LogP contribution in [0.2, 0.25) is 0 Å². The van der Waals surface area contributed by atoms with Gasteiger partial charge in [0.1, 0.15) is 0 Å². The number of nitrogens with one attached hydrogen (secondary N) is 1. The second-order valence-electron chi connectivity index (χ2n) is 6.28. The van der Waals surface area contributed by atoms with Crippen molar-refractivity contribution in [2.75, 3.05) is 20.8 Å². The fourth-order valence-corrected chi connectivity index (χ4v) is 3.42. The summed E-state index contributed by atoms with van der Waals surface area (Å²) in [5, 5.41) is 3.60. The average Bonchev–Trinajstić information content (AvgIpc) is 2.65. The number of hydrogen-bond donors (Lipinski definition) is 1. The highest BCUT2D eigenvalue weighted by molar-refractivity contribution is 5.27. The molecule has 0 bridgehead atoms. The molecule has 0 fully saturated rings. The van der Waals surface area contributed by atoms with Crippen LogP contribution in [0.1, 0.15) is 23.2 Å². The zero-order valence-corrected chi connectivity index (χ0v) is 14.8. The SMILES string of the molecule is COCCn1c2c(ccc1=O)C[C@@H](NCc1cccnc1OC)CC2. The van der Waals surface area contributed by atoms with E-state index in [9.17, 15) is 4.79 Å². The molecular weight excluding hydrogens is 318 g/mol. The molecule has 0 saturated carbocycles. The van der Waals surface area contributed by atoms with Crippen molar-refractivity contribution in [3.63, 3.8) is 0 Å². The number of nitrogens with zero attached hydrogens (tertiary/aromatic N) is 2. The van der Waals surface area contributed by atoms with Gasteiger partial charge in [-0.2, -0.15) is 0 Å². The summed E-state index contributed by atoms with van der Waals surface area (Å²) >= 11 is 0. The second-order valence-corrected chi connectivity index (χ2v) is 6.28. The summed E-state index contributed by atoms with van der Waals surface area (Å²) in [4.78, 5) is 16.4. The number of fused-ring (bicyclic) bond motifs is 1. The van der Waals surface area contributed by atoms with Crippen LogP contribution >= 0.6 is 0 Å². The Kier molecular flexibility index (Phi) is 5.83. The van der Waals surface area contributed by atoms with E-state index in [-0.39, 0.29) is 5.56 Å². The van der Waals surface area contributed by atoms with Crippen molar-refractivity contribution in [3.05, 3.63) is 57.6 Å². The second kappa shape index (κ2) is 8.27. The van der Waals surface area contributed by atoms with Gasteiger partial charge >= 0.3 is 0 Å². The number of hydrogen-bond acceptors (Lipinski definition) is 5. The van der Waals surface area contributed by atoms with Gasteiger partial charge in [0.15, 0.2) is 0 Å². The van der Waals surface area contributed by atoms with Gasteiger partial charge in [0, 0.05) is 49.8 Å². The van der Waals surface area contributed by atoms with Crippen LogP contribution in [0.25, 0.3) is 0 Å². The zero-order chi connectivity index (χ0) is 17.6. The molecule has 6 heteroatoms. The van der Waals surface area contributed by atoms with E-state index in [2.05, 4.69) is 10.3 Å². The zero-order valence-electron chi connectivity index (χ0n) is 14.8. The number of rotatable bonds is 7. The van der Waals surface area contributed by atoms with Gasteiger partial charge in [-0.15, -0.1) is 0 Å². The van der Waals surface area contributed by atoms with Gasteiger partial charge < -0.3 is 19.4 Å². The van der Waals surface area contributed by atoms with Crippen LogP contribution in [-0.4, -0.2) is 36.4 Å². The van der Waals surface area contributed by atoms with E-state index in [1.54, 1.807) is 26.5 Å². The maximum absolute atomic E-state index is 12.1. The minimum atomic E-state index is 0.0577. The van der Waals surface area contributed by atoms with Crippen LogP contribution in [0, 0.1) is 0 Å². The first kappa shape index (κ1) is 17.6. The highest BCUT2D eigenvalue weighted by Gasteiger charge is 2.21. The first-order valence-electron chi connectivity index (χ1n) is 8.64. The Morgan fingerprint density at radius 2 is 2.20 bits per heavy atom. The van der Waals surface area contributed by atoms with E-state index in [4.69, 9.17) is 9.47 Å². The van der Waals surface area contributed by atoms with E-state index in [1.165, 1.54) is 5.56 Å². The Labute approximate surface area is 147 Å². The highest BCUT2D eigenvalue weighted by atomic mass is 16.5. The van der Waals surface area contributed by atoms with Gasteiger partial charge in [-0.1, -0.05) is 12.1 Å². The summed E-state index contributed by atoms with van der Waals surface area (Å²) in [5.41, 5.74) is 3.52. The van der Waals surface area contributed by atoms with Crippen molar-refractivity contribution in [2.45, 2.75) is 38.4 Å². The normalized spacial score (nSPS) is 16.5. The number of aromatic nitrogens is 2. The number of methoxy groups -OCH3 is 2. The molecule has 0 amide bonds. The Balaban J connectivity index is 1.68. The maximum Gasteiger partial charge on any atom is 0.250 e. The lowest BCUT2D eigenvalue weighted by atomic mass is 9.91. The summed E-state index contributed by atoms with van der Waals surface area (Å²) in [5.74, 6) is 0.666. The molecule has 0 aromatic carbocycles. The lowest BCUT2D eigenvalue weighted by Gasteiger charge is -2.28. The van der Waals surface area contributed by atoms with Gasteiger partial charge in [-0.05, 0) is 30.9 Å². The molecule has 0 saturated heterocycles. The summed E-state index contributed by atoms with van der Waals surface area (Å²) in [6.07, 6.45) is 4.56. The molecule has 1 N–H and O–H groups in total. The molecule has 25 heavy (non-hydrogen) atoms. The minimum absolute atomic E-state index is 0.0577. The molecule has 1 aliphatic carbocycles. The minimum Gasteiger partial charge on any atom is -0.481 e. The van der Waals surface area contributed by atoms with E-state index in [0.717, 1.165) is 37.1 Å². The lowest BCUT2D eigenvalue weighted by molar-refractivity contribution is 0.184. The standard InChI is InChI=1S/C19H25N3O3/c1-24-11-10-22-17-7-6-16(12-14(17)5-8-18(22)23)21-13-15-4-3-9-20-19(15)25-2/h3-5,8-9,16,21H,6-7,10-13H2,1-2H3/t16-/m0/s1. The fourth-order valence-electron chi connectivity index (χ4n) is 3.42. The summed E-state index contributed by atoms with van der Waals surface area (Å²) in [6.45, 7) is 1.89. The molecule has 2 heterocycles. The van der Waals surface area contributed by atoms with Gasteiger partial charge in [0.2, 0.25) is 5.88 Å². The van der Waals surface area contributed by atoms with Crippen molar-refractivity contribution in [3.8, 4) is 5.88 Å². The third-order valence-electron chi connectivity index (χ3n) is 4.73. The molecule has 1 atom stereocenters. The lowest BCUT2D eigenvalue weighted by Crippen LogP contribution is -2.37. The van der Waals surface area contributed by atoms with Gasteiger partial charge in [-0.25, -0.2) is 4.98 Å². The molecular formula is C19H25N3O3. The first-order chi connectivity index (χ1) is 12.2. The van der Waals surface area contributed by atoms with Crippen molar-refractivity contribution >= 4 is 0 Å². The molecule has 2 aromatic heterocycles. The van der Waals surface area contributed by atoms with E-state index in [1.807, 2.05) is 22.8 Å². The Morgan fingerprint density at radius 3 is 3.00 bits per heavy atom. The van der Waals surface area contributed by atoms with Crippen LogP contribution in [0.3, 0.4) is 0 Å². The molecule has 0 spiro atoms. The van der Waals surface area contributed by atoms with Crippen molar-refractivity contribution in [1.29, 1.82) is 0 Å². The quantitative estimate of drug-likeness (QED) is 0.826. The van der Waals surface area contributed by atoms with E-state index < -0.39 is 0 Å². The van der Waals surface area contributed by atoms with E-state index in [0.29, 0.717) is 25.1 Å². The van der Waals surface area contributed by atoms with Crippen molar-refractivity contribution in [2.24, 2.45) is 0 Å². The monoisotopic (exact) mass is 343 g/mol. The predicted molar refractivity (Wildman–Crippen MR) is 96.0 cm³/mol. The van der Waals surface area contributed by atoms with Crippen LogP contribution < -0.4 is 15.6 Å². The molecule has 0 radical (unpaired) electrons. The number of ether oxygens (including phenoxy) is 2. The van der Waals surface area contributed by atoms with Gasteiger partial charge in [-0.3, -0.25) is 4.79 Å². The Hall–Kier alpha value is -2.18. The molecule has 134 valence electrons. The molecule has 1 aliphatic rings. The Morgan fingerprint density at radius 1 is 1.32 bits per heavy atom. The summed E-state index contributed by atoms with van der Waals surface area (Å²) in [7, 11) is 3.30. The third-order valence-corrected chi connectivity index (χ3v) is 4.73. The number of pyridine rings is 2. The van der Waals surface area contributed by atoms with Gasteiger partial charge in [0.05, 0.1) is 13.7 Å². The van der Waals surface area contributed by atoms with Crippen LogP contribution in [0.15, 0.2) is 35.3 Å². The average molecular weight is 343 g/mol. The van der Waals surface area contributed by atoms with Crippen molar-refractivity contribution in [1.82, 2.24) is 14.9 Å². The molecule has 2 aromatic rings. The summed E-state index contributed by atoms with van der Waals surface area (Å²) < 4.78 is 12.3. The largest absolute Gasteiger partial charge is 0.481 e. The molecule has 3 rings (SSSR count). The maximum atomic E-state index is 12.1. The molecule has 6 nitrogen and oxygen atoms in total. The fraction of sp³-hybridized carbons (Fsp3) is 0.474. The molecule has 0 unspecified atom stereocenters. The van der Waals surface area contributed by atoms with Gasteiger partial charge in [0.25, 0.3) is 5.56 Å². The van der Waals surface area contributed by atoms with Crippen LogP contribution in [0.4, 0.5) is 0 Å². The predicted octanol–water partition coefficient (Wildman–Crippen LogP) is 1.55. The third kappa shape index (κ3) is 4.08. The van der Waals surface area contributed by atoms with E-state index >= 15 is 0 Å². The first-order valence-corrected chi connectivity index (χ1v) is 8.64. The summed E-state index contributed by atoms with van der Waals surface area (Å²) in [6, 6.07) is 7.97. The van der Waals surface area contributed by atoms with Crippen molar-refractivity contribution < 1.29 is 9.47 Å². The smallest absolute Gasteiger partial charge is 0.250 e. The van der Waals surface area contributed by atoms with Crippen LogP contribution in [-0.2, 0) is 30.7 Å².